The molecule has 0 aliphatic carbocycles. The average Bonchev–Trinajstić information content (AvgIpc) is 2.45. The van der Waals surface area contributed by atoms with Crippen molar-refractivity contribution in [3.63, 3.8) is 0 Å². The predicted molar refractivity (Wildman–Crippen MR) is 99.4 cm³/mol. The zero-order valence-corrected chi connectivity index (χ0v) is 16.2. The SMILES string of the molecule is CC(C)(C)OC(=O)N1CCC(Cc2cccc(C(C)(C)C)c2)CC1. The van der Waals surface area contributed by atoms with Crippen molar-refractivity contribution in [2.24, 2.45) is 5.92 Å². The van der Waals surface area contributed by atoms with Gasteiger partial charge < -0.3 is 9.64 Å². The first-order valence-corrected chi connectivity index (χ1v) is 9.12. The van der Waals surface area contributed by atoms with Gasteiger partial charge >= 0.3 is 6.09 Å². The van der Waals surface area contributed by atoms with Crippen LogP contribution in [0.1, 0.15) is 65.5 Å². The maximum atomic E-state index is 12.1. The highest BCUT2D eigenvalue weighted by Crippen LogP contribution is 2.27. The topological polar surface area (TPSA) is 29.5 Å². The van der Waals surface area contributed by atoms with E-state index in [1.54, 1.807) is 0 Å². The Hall–Kier alpha value is -1.51. The molecular formula is C21H33NO2. The van der Waals surface area contributed by atoms with E-state index < -0.39 is 5.60 Å². The number of amides is 1. The molecule has 1 amide bonds. The summed E-state index contributed by atoms with van der Waals surface area (Å²) >= 11 is 0. The van der Waals surface area contributed by atoms with Crippen LogP contribution in [0.25, 0.3) is 0 Å². The van der Waals surface area contributed by atoms with Crippen LogP contribution >= 0.6 is 0 Å². The van der Waals surface area contributed by atoms with Gasteiger partial charge in [-0.3, -0.25) is 0 Å². The minimum atomic E-state index is -0.415. The molecule has 1 fully saturated rings. The smallest absolute Gasteiger partial charge is 0.410 e. The van der Waals surface area contributed by atoms with E-state index in [2.05, 4.69) is 45.0 Å². The summed E-state index contributed by atoms with van der Waals surface area (Å²) < 4.78 is 5.47. The molecule has 24 heavy (non-hydrogen) atoms. The maximum Gasteiger partial charge on any atom is 0.410 e. The molecule has 1 saturated heterocycles. The van der Waals surface area contributed by atoms with Gasteiger partial charge in [-0.25, -0.2) is 4.79 Å². The molecule has 1 heterocycles. The lowest BCUT2D eigenvalue weighted by Gasteiger charge is -2.33. The number of carbonyl (C=O) groups excluding carboxylic acids is 1. The first kappa shape index (κ1) is 18.8. The Morgan fingerprint density at radius 3 is 2.29 bits per heavy atom. The standard InChI is InChI=1S/C21H33NO2/c1-20(2,3)18-9-7-8-17(15-18)14-16-10-12-22(13-11-16)19(23)24-21(4,5)6/h7-9,15-16H,10-14H2,1-6H3. The molecule has 0 unspecified atom stereocenters. The fourth-order valence-electron chi connectivity index (χ4n) is 3.14. The Bertz CT molecular complexity index is 558. The molecule has 0 aromatic heterocycles. The molecule has 134 valence electrons. The van der Waals surface area contributed by atoms with E-state index in [9.17, 15) is 4.79 Å². The van der Waals surface area contributed by atoms with E-state index in [1.165, 1.54) is 11.1 Å². The van der Waals surface area contributed by atoms with Crippen molar-refractivity contribution in [2.75, 3.05) is 13.1 Å². The van der Waals surface area contributed by atoms with Crippen molar-refractivity contribution in [3.8, 4) is 0 Å². The third-order valence-corrected chi connectivity index (χ3v) is 4.58. The van der Waals surface area contributed by atoms with Crippen LogP contribution < -0.4 is 0 Å². The summed E-state index contributed by atoms with van der Waals surface area (Å²) in [4.78, 5) is 14.0. The van der Waals surface area contributed by atoms with Crippen LogP contribution in [0, 0.1) is 5.92 Å². The summed E-state index contributed by atoms with van der Waals surface area (Å²) in [6.45, 7) is 14.1. The normalized spacial score (nSPS) is 17.0. The molecule has 3 nitrogen and oxygen atoms in total. The third-order valence-electron chi connectivity index (χ3n) is 4.58. The summed E-state index contributed by atoms with van der Waals surface area (Å²) in [5, 5.41) is 0. The summed E-state index contributed by atoms with van der Waals surface area (Å²) in [7, 11) is 0. The minimum absolute atomic E-state index is 0.171. The van der Waals surface area contributed by atoms with E-state index >= 15 is 0 Å². The van der Waals surface area contributed by atoms with E-state index in [4.69, 9.17) is 4.74 Å². The summed E-state index contributed by atoms with van der Waals surface area (Å²) in [5.41, 5.74) is 2.58. The second-order valence-corrected chi connectivity index (χ2v) is 9.07. The monoisotopic (exact) mass is 331 g/mol. The Morgan fingerprint density at radius 2 is 1.75 bits per heavy atom. The average molecular weight is 332 g/mol. The van der Waals surface area contributed by atoms with E-state index in [0.717, 1.165) is 32.4 Å². The van der Waals surface area contributed by atoms with E-state index in [-0.39, 0.29) is 11.5 Å². The lowest BCUT2D eigenvalue weighted by Crippen LogP contribution is -2.42. The molecule has 1 aromatic rings. The van der Waals surface area contributed by atoms with Crippen LogP contribution in [0.15, 0.2) is 24.3 Å². The lowest BCUT2D eigenvalue weighted by molar-refractivity contribution is 0.0184. The Kier molecular flexibility index (Phi) is 5.62. The van der Waals surface area contributed by atoms with Gasteiger partial charge in [-0.1, -0.05) is 45.0 Å². The highest BCUT2D eigenvalue weighted by Gasteiger charge is 2.27. The minimum Gasteiger partial charge on any atom is -0.444 e. The molecule has 1 aliphatic heterocycles. The molecule has 0 atom stereocenters. The fourth-order valence-corrected chi connectivity index (χ4v) is 3.14. The molecule has 1 aromatic carbocycles. The number of hydrogen-bond donors (Lipinski definition) is 0. The molecule has 3 heteroatoms. The largest absolute Gasteiger partial charge is 0.444 e. The van der Waals surface area contributed by atoms with Gasteiger partial charge in [0.2, 0.25) is 0 Å². The van der Waals surface area contributed by atoms with Crippen molar-refractivity contribution in [1.82, 2.24) is 4.90 Å². The number of benzene rings is 1. The summed E-state index contributed by atoms with van der Waals surface area (Å²) in [6.07, 6.45) is 3.04. The molecule has 2 rings (SSSR count). The quantitative estimate of drug-likeness (QED) is 0.748. The molecule has 0 bridgehead atoms. The third kappa shape index (κ3) is 5.54. The molecule has 0 spiro atoms. The molecule has 0 saturated carbocycles. The number of ether oxygens (including phenoxy) is 1. The molecular weight excluding hydrogens is 298 g/mol. The lowest BCUT2D eigenvalue weighted by atomic mass is 9.84. The van der Waals surface area contributed by atoms with Crippen molar-refractivity contribution < 1.29 is 9.53 Å². The summed E-state index contributed by atoms with van der Waals surface area (Å²) in [6, 6.07) is 8.97. The maximum absolute atomic E-state index is 12.1. The van der Waals surface area contributed by atoms with Gasteiger partial charge in [-0.2, -0.15) is 0 Å². The van der Waals surface area contributed by atoms with Gasteiger partial charge in [-0.05, 0) is 62.5 Å². The van der Waals surface area contributed by atoms with E-state index in [0.29, 0.717) is 5.92 Å². The van der Waals surface area contributed by atoms with Crippen LogP contribution in [0.5, 0.6) is 0 Å². The first-order chi connectivity index (χ1) is 11.0. The molecule has 0 radical (unpaired) electrons. The van der Waals surface area contributed by atoms with Crippen molar-refractivity contribution >= 4 is 6.09 Å². The highest BCUT2D eigenvalue weighted by molar-refractivity contribution is 5.68. The Labute approximate surface area is 147 Å². The number of nitrogens with zero attached hydrogens (tertiary/aromatic N) is 1. The number of carbonyl (C=O) groups is 1. The van der Waals surface area contributed by atoms with Crippen LogP contribution in [0.4, 0.5) is 4.79 Å². The second-order valence-electron chi connectivity index (χ2n) is 9.07. The van der Waals surface area contributed by atoms with Crippen LogP contribution in [-0.2, 0) is 16.6 Å². The van der Waals surface area contributed by atoms with Gasteiger partial charge in [0.15, 0.2) is 0 Å². The van der Waals surface area contributed by atoms with Crippen molar-refractivity contribution in [1.29, 1.82) is 0 Å². The second kappa shape index (κ2) is 7.16. The number of rotatable bonds is 2. The predicted octanol–water partition coefficient (Wildman–Crippen LogP) is 5.17. The zero-order chi connectivity index (χ0) is 18.0. The van der Waals surface area contributed by atoms with Crippen molar-refractivity contribution in [2.45, 2.75) is 71.8 Å². The first-order valence-electron chi connectivity index (χ1n) is 9.12. The van der Waals surface area contributed by atoms with Gasteiger partial charge in [0, 0.05) is 13.1 Å². The fraction of sp³-hybridized carbons (Fsp3) is 0.667. The summed E-state index contributed by atoms with van der Waals surface area (Å²) in [5.74, 6) is 0.652. The van der Waals surface area contributed by atoms with E-state index in [1.807, 2.05) is 25.7 Å². The van der Waals surface area contributed by atoms with Gasteiger partial charge in [0.25, 0.3) is 0 Å². The molecule has 1 aliphatic rings. The van der Waals surface area contributed by atoms with Crippen LogP contribution in [0.2, 0.25) is 0 Å². The number of piperidine rings is 1. The van der Waals surface area contributed by atoms with Crippen molar-refractivity contribution in [3.05, 3.63) is 35.4 Å². The molecule has 0 N–H and O–H groups in total. The zero-order valence-electron chi connectivity index (χ0n) is 16.2. The highest BCUT2D eigenvalue weighted by atomic mass is 16.6. The van der Waals surface area contributed by atoms with Crippen LogP contribution in [0.3, 0.4) is 0 Å². The van der Waals surface area contributed by atoms with Crippen LogP contribution in [-0.4, -0.2) is 29.7 Å². The Balaban J connectivity index is 1.88. The number of likely N-dealkylation sites (tertiary alicyclic amines) is 1. The van der Waals surface area contributed by atoms with Gasteiger partial charge in [0.05, 0.1) is 0 Å². The van der Waals surface area contributed by atoms with Gasteiger partial charge in [0.1, 0.15) is 5.60 Å². The Morgan fingerprint density at radius 1 is 1.12 bits per heavy atom. The number of hydrogen-bond acceptors (Lipinski definition) is 2. The van der Waals surface area contributed by atoms with Gasteiger partial charge in [-0.15, -0.1) is 0 Å².